The van der Waals surface area contributed by atoms with Gasteiger partial charge in [-0.05, 0) is 49.1 Å². The van der Waals surface area contributed by atoms with Gasteiger partial charge in [0.15, 0.2) is 16.6 Å². The first-order valence-corrected chi connectivity index (χ1v) is 15.5. The molecule has 3 atom stereocenters. The van der Waals surface area contributed by atoms with Crippen LogP contribution in [0.3, 0.4) is 0 Å². The Labute approximate surface area is 153 Å². The summed E-state index contributed by atoms with van der Waals surface area (Å²) < 4.78 is 13.3. The quantitative estimate of drug-likeness (QED) is 0.620. The van der Waals surface area contributed by atoms with E-state index in [4.69, 9.17) is 8.85 Å². The summed E-state index contributed by atoms with van der Waals surface area (Å²) in [6.45, 7) is 26.3. The van der Waals surface area contributed by atoms with Gasteiger partial charge in [-0.15, -0.1) is 0 Å². The second-order valence-electron chi connectivity index (χ2n) is 10.6. The van der Waals surface area contributed by atoms with Crippen LogP contribution in [-0.4, -0.2) is 41.4 Å². The Kier molecular flexibility index (Phi) is 7.00. The lowest BCUT2D eigenvalue weighted by atomic mass is 10.1. The minimum absolute atomic E-state index is 0.252. The third-order valence-corrected chi connectivity index (χ3v) is 15.6. The highest BCUT2D eigenvalue weighted by atomic mass is 28.4. The third-order valence-electron chi connectivity index (χ3n) is 6.59. The van der Waals surface area contributed by atoms with E-state index in [1.807, 2.05) is 0 Å². The lowest BCUT2D eigenvalue weighted by Gasteiger charge is -2.41. The summed E-state index contributed by atoms with van der Waals surface area (Å²) in [4.78, 5) is 0. The van der Waals surface area contributed by atoms with Crippen molar-refractivity contribution in [3.8, 4) is 0 Å². The monoisotopic (exact) mass is 373 g/mol. The van der Waals surface area contributed by atoms with Crippen molar-refractivity contribution in [1.82, 2.24) is 5.32 Å². The van der Waals surface area contributed by atoms with Crippen LogP contribution >= 0.6 is 0 Å². The van der Waals surface area contributed by atoms with Gasteiger partial charge in [0.2, 0.25) is 0 Å². The predicted octanol–water partition coefficient (Wildman–Crippen LogP) is 5.54. The Morgan fingerprint density at radius 3 is 1.83 bits per heavy atom. The van der Waals surface area contributed by atoms with Gasteiger partial charge in [-0.2, -0.15) is 0 Å². The minimum Gasteiger partial charge on any atom is -0.415 e. The average Bonchev–Trinajstić information content (AvgIpc) is 2.75. The second kappa shape index (κ2) is 7.51. The Hall–Kier alpha value is 0.314. The van der Waals surface area contributed by atoms with Gasteiger partial charge >= 0.3 is 0 Å². The fourth-order valence-electron chi connectivity index (χ4n) is 2.56. The van der Waals surface area contributed by atoms with Gasteiger partial charge in [-0.1, -0.05) is 48.5 Å². The molecule has 0 spiro atoms. The molecule has 3 nitrogen and oxygen atoms in total. The van der Waals surface area contributed by atoms with Crippen LogP contribution in [0.1, 0.15) is 61.3 Å². The molecule has 1 heterocycles. The molecule has 0 aliphatic carbocycles. The number of hydrogen-bond donors (Lipinski definition) is 1. The molecule has 1 saturated heterocycles. The van der Waals surface area contributed by atoms with Crippen LogP contribution in [0.2, 0.25) is 36.3 Å². The maximum absolute atomic E-state index is 6.77. The molecule has 0 bridgehead atoms. The molecule has 0 aromatic heterocycles. The van der Waals surface area contributed by atoms with E-state index in [2.05, 4.69) is 80.0 Å². The van der Waals surface area contributed by atoms with Gasteiger partial charge in [0, 0.05) is 6.04 Å². The van der Waals surface area contributed by atoms with E-state index in [-0.39, 0.29) is 10.1 Å². The molecular weight excluding hydrogens is 330 g/mol. The standard InChI is InChI=1S/C19H43NO2Si2/c1-12-15-13-17(22-24(10,11)19(5,6)7)16(20-15)14-21-23(8,9)18(2,3)4/h15-17,20H,12-14H2,1-11H3. The molecule has 0 saturated carbocycles. The van der Waals surface area contributed by atoms with Crippen molar-refractivity contribution < 1.29 is 8.85 Å². The summed E-state index contributed by atoms with van der Waals surface area (Å²) in [7, 11) is -3.46. The SMILES string of the molecule is CCC1CC(O[Si](C)(C)C(C)(C)C)C(CO[Si](C)(C)C(C)(C)C)N1. The summed E-state index contributed by atoms with van der Waals surface area (Å²) in [6.07, 6.45) is 2.57. The van der Waals surface area contributed by atoms with Crippen LogP contribution in [0, 0.1) is 0 Å². The first-order valence-electron chi connectivity index (χ1n) is 9.68. The molecule has 1 aliphatic rings. The van der Waals surface area contributed by atoms with Gasteiger partial charge in [0.1, 0.15) is 0 Å². The number of nitrogens with one attached hydrogen (secondary N) is 1. The van der Waals surface area contributed by atoms with E-state index < -0.39 is 16.6 Å². The van der Waals surface area contributed by atoms with E-state index in [0.29, 0.717) is 18.2 Å². The lowest BCUT2D eigenvalue weighted by molar-refractivity contribution is 0.130. The van der Waals surface area contributed by atoms with Crippen molar-refractivity contribution in [3.63, 3.8) is 0 Å². The summed E-state index contributed by atoms with van der Waals surface area (Å²) in [5.74, 6) is 0. The molecule has 1 aliphatic heterocycles. The fourth-order valence-corrected chi connectivity index (χ4v) is 4.96. The Morgan fingerprint density at radius 2 is 1.42 bits per heavy atom. The molecule has 1 rings (SSSR count). The van der Waals surface area contributed by atoms with Gasteiger partial charge in [0.05, 0.1) is 18.8 Å². The van der Waals surface area contributed by atoms with E-state index >= 15 is 0 Å². The summed E-state index contributed by atoms with van der Waals surface area (Å²) in [6, 6.07) is 0.894. The summed E-state index contributed by atoms with van der Waals surface area (Å²) >= 11 is 0. The maximum Gasteiger partial charge on any atom is 0.192 e. The van der Waals surface area contributed by atoms with Crippen LogP contribution in [0.15, 0.2) is 0 Å². The van der Waals surface area contributed by atoms with Crippen molar-refractivity contribution in [2.24, 2.45) is 0 Å². The van der Waals surface area contributed by atoms with Gasteiger partial charge in [-0.3, -0.25) is 0 Å². The van der Waals surface area contributed by atoms with Crippen LogP contribution in [0.5, 0.6) is 0 Å². The maximum atomic E-state index is 6.77. The topological polar surface area (TPSA) is 30.5 Å². The molecule has 3 unspecified atom stereocenters. The zero-order valence-corrected chi connectivity index (χ0v) is 20.2. The molecule has 5 heteroatoms. The van der Waals surface area contributed by atoms with Crippen molar-refractivity contribution in [3.05, 3.63) is 0 Å². The molecule has 0 radical (unpaired) electrons. The number of hydrogen-bond acceptors (Lipinski definition) is 3. The first kappa shape index (κ1) is 22.4. The molecule has 0 amide bonds. The largest absolute Gasteiger partial charge is 0.415 e. The molecule has 0 aromatic rings. The van der Waals surface area contributed by atoms with Gasteiger partial charge < -0.3 is 14.2 Å². The molecule has 0 aromatic carbocycles. The first-order chi connectivity index (χ1) is 10.6. The van der Waals surface area contributed by atoms with Crippen LogP contribution in [0.25, 0.3) is 0 Å². The Bertz CT molecular complexity index is 411. The second-order valence-corrected chi connectivity index (χ2v) is 20.2. The van der Waals surface area contributed by atoms with Crippen molar-refractivity contribution in [2.45, 2.75) is 116 Å². The third kappa shape index (κ3) is 5.40. The molecular formula is C19H43NO2Si2. The molecule has 144 valence electrons. The highest BCUT2D eigenvalue weighted by Gasteiger charge is 2.45. The lowest BCUT2D eigenvalue weighted by Crippen LogP contribution is -2.50. The van der Waals surface area contributed by atoms with Gasteiger partial charge in [0.25, 0.3) is 0 Å². The van der Waals surface area contributed by atoms with E-state index in [0.717, 1.165) is 19.4 Å². The summed E-state index contributed by atoms with van der Waals surface area (Å²) in [5, 5.41) is 4.29. The Balaban J connectivity index is 2.80. The molecule has 1 fully saturated rings. The van der Waals surface area contributed by atoms with E-state index in [9.17, 15) is 0 Å². The van der Waals surface area contributed by atoms with Crippen molar-refractivity contribution >= 4 is 16.6 Å². The zero-order chi connectivity index (χ0) is 19.0. The van der Waals surface area contributed by atoms with E-state index in [1.165, 1.54) is 0 Å². The molecule has 1 N–H and O–H groups in total. The smallest absolute Gasteiger partial charge is 0.192 e. The van der Waals surface area contributed by atoms with E-state index in [1.54, 1.807) is 0 Å². The van der Waals surface area contributed by atoms with Crippen LogP contribution in [-0.2, 0) is 8.85 Å². The molecule has 24 heavy (non-hydrogen) atoms. The zero-order valence-electron chi connectivity index (χ0n) is 18.2. The fraction of sp³-hybridized carbons (Fsp3) is 1.00. The van der Waals surface area contributed by atoms with Crippen LogP contribution < -0.4 is 5.32 Å². The van der Waals surface area contributed by atoms with Gasteiger partial charge in [-0.25, -0.2) is 0 Å². The highest BCUT2D eigenvalue weighted by molar-refractivity contribution is 6.74. The van der Waals surface area contributed by atoms with Crippen molar-refractivity contribution in [1.29, 1.82) is 0 Å². The highest BCUT2D eigenvalue weighted by Crippen LogP contribution is 2.40. The van der Waals surface area contributed by atoms with Crippen LogP contribution in [0.4, 0.5) is 0 Å². The summed E-state index contributed by atoms with van der Waals surface area (Å²) in [5.41, 5.74) is 0. The minimum atomic E-state index is -1.75. The Morgan fingerprint density at radius 1 is 0.917 bits per heavy atom. The number of rotatable bonds is 6. The predicted molar refractivity (Wildman–Crippen MR) is 111 cm³/mol. The normalized spacial score (nSPS) is 26.9. The van der Waals surface area contributed by atoms with Crippen molar-refractivity contribution in [2.75, 3.05) is 6.61 Å². The average molecular weight is 374 g/mol.